The minimum Gasteiger partial charge on any atom is -0.392 e. The van der Waals surface area contributed by atoms with E-state index in [1.165, 1.54) is 0 Å². The molecule has 78 valence electrons. The van der Waals surface area contributed by atoms with Gasteiger partial charge in [0.05, 0.1) is 12.6 Å². The molecule has 1 N–H and O–H groups in total. The van der Waals surface area contributed by atoms with Crippen molar-refractivity contribution in [2.45, 2.75) is 32.5 Å². The maximum absolute atomic E-state index is 9.54. The van der Waals surface area contributed by atoms with Gasteiger partial charge in [0.15, 0.2) is 0 Å². The van der Waals surface area contributed by atoms with Gasteiger partial charge in [0.25, 0.3) is 0 Å². The van der Waals surface area contributed by atoms with Gasteiger partial charge in [0.2, 0.25) is 0 Å². The molecule has 0 fully saturated rings. The minimum absolute atomic E-state index is 0.198. The molecule has 0 unspecified atom stereocenters. The zero-order valence-electron chi connectivity index (χ0n) is 8.56. The Bertz CT molecular complexity index is 297. The molecule has 1 aliphatic rings. The van der Waals surface area contributed by atoms with Crippen molar-refractivity contribution in [2.24, 2.45) is 0 Å². The number of nitrogens with zero attached hydrogens (tertiary/aromatic N) is 3. The molecule has 0 amide bonds. The molecule has 0 saturated carbocycles. The summed E-state index contributed by atoms with van der Waals surface area (Å²) in [5.74, 6) is 1.11. The quantitative estimate of drug-likeness (QED) is 0.762. The van der Waals surface area contributed by atoms with Crippen molar-refractivity contribution >= 4 is 0 Å². The summed E-state index contributed by atoms with van der Waals surface area (Å²) in [7, 11) is 0. The number of hydrogen-bond acceptors (Lipinski definition) is 3. The molecular formula is C10H17N3O. The van der Waals surface area contributed by atoms with Gasteiger partial charge in [-0.3, -0.25) is 4.90 Å². The van der Waals surface area contributed by atoms with E-state index in [1.54, 1.807) is 0 Å². The van der Waals surface area contributed by atoms with E-state index in [-0.39, 0.29) is 6.10 Å². The van der Waals surface area contributed by atoms with Crippen LogP contribution < -0.4 is 0 Å². The standard InChI is InChI=1S/C10H17N3O/c1-2-9(14)7-12-5-6-13-4-3-11-10(13)8-12/h3-4,9,14H,2,5-8H2,1H3/t9-/m0/s1. The predicted molar refractivity (Wildman–Crippen MR) is 53.8 cm³/mol. The first-order valence-electron chi connectivity index (χ1n) is 5.20. The molecule has 2 heterocycles. The Morgan fingerprint density at radius 1 is 1.57 bits per heavy atom. The second-order valence-corrected chi connectivity index (χ2v) is 3.83. The molecule has 0 bridgehead atoms. The third-order valence-corrected chi connectivity index (χ3v) is 2.76. The molecule has 2 rings (SSSR count). The fraction of sp³-hybridized carbons (Fsp3) is 0.700. The molecule has 1 aliphatic heterocycles. The van der Waals surface area contributed by atoms with Gasteiger partial charge in [-0.2, -0.15) is 0 Å². The summed E-state index contributed by atoms with van der Waals surface area (Å²) in [6, 6.07) is 0. The molecule has 14 heavy (non-hydrogen) atoms. The lowest BCUT2D eigenvalue weighted by Gasteiger charge is -2.28. The number of aliphatic hydroxyl groups excluding tert-OH is 1. The summed E-state index contributed by atoms with van der Waals surface area (Å²) in [4.78, 5) is 6.54. The fourth-order valence-electron chi connectivity index (χ4n) is 1.81. The molecule has 0 radical (unpaired) electrons. The van der Waals surface area contributed by atoms with Crippen LogP contribution in [0.5, 0.6) is 0 Å². The first kappa shape index (κ1) is 9.68. The first-order chi connectivity index (χ1) is 6.79. The molecule has 1 aromatic heterocycles. The van der Waals surface area contributed by atoms with Gasteiger partial charge in [0.1, 0.15) is 5.82 Å². The summed E-state index contributed by atoms with van der Waals surface area (Å²) in [6.07, 6.45) is 4.49. The summed E-state index contributed by atoms with van der Waals surface area (Å²) in [6.45, 7) is 5.65. The summed E-state index contributed by atoms with van der Waals surface area (Å²) >= 11 is 0. The second kappa shape index (κ2) is 4.11. The topological polar surface area (TPSA) is 41.3 Å². The van der Waals surface area contributed by atoms with Crippen LogP contribution in [0.3, 0.4) is 0 Å². The molecule has 0 aliphatic carbocycles. The molecule has 1 aromatic rings. The summed E-state index contributed by atoms with van der Waals surface area (Å²) < 4.78 is 2.18. The highest BCUT2D eigenvalue weighted by Crippen LogP contribution is 2.10. The van der Waals surface area contributed by atoms with E-state index in [0.29, 0.717) is 0 Å². The van der Waals surface area contributed by atoms with Gasteiger partial charge in [-0.25, -0.2) is 4.98 Å². The van der Waals surface area contributed by atoms with Gasteiger partial charge < -0.3 is 9.67 Å². The van der Waals surface area contributed by atoms with Crippen LogP contribution >= 0.6 is 0 Å². The Morgan fingerprint density at radius 2 is 2.43 bits per heavy atom. The van der Waals surface area contributed by atoms with Crippen LogP contribution in [0.4, 0.5) is 0 Å². The third-order valence-electron chi connectivity index (χ3n) is 2.76. The average molecular weight is 195 g/mol. The number of aliphatic hydroxyl groups is 1. The molecular weight excluding hydrogens is 178 g/mol. The van der Waals surface area contributed by atoms with Gasteiger partial charge in [0, 0.05) is 32.0 Å². The van der Waals surface area contributed by atoms with Crippen LogP contribution in [0.1, 0.15) is 19.2 Å². The molecule has 4 heteroatoms. The van der Waals surface area contributed by atoms with E-state index in [1.807, 2.05) is 19.3 Å². The normalized spacial score (nSPS) is 19.3. The molecule has 0 saturated heterocycles. The Balaban J connectivity index is 1.94. The lowest BCUT2D eigenvalue weighted by molar-refractivity contribution is 0.0934. The van der Waals surface area contributed by atoms with Gasteiger partial charge >= 0.3 is 0 Å². The summed E-state index contributed by atoms with van der Waals surface area (Å²) in [5, 5.41) is 9.54. The van der Waals surface area contributed by atoms with Crippen molar-refractivity contribution in [3.63, 3.8) is 0 Å². The smallest absolute Gasteiger partial charge is 0.122 e. The van der Waals surface area contributed by atoms with Crippen molar-refractivity contribution in [3.8, 4) is 0 Å². The molecule has 0 spiro atoms. The monoisotopic (exact) mass is 195 g/mol. The van der Waals surface area contributed by atoms with Crippen LogP contribution in [-0.2, 0) is 13.1 Å². The van der Waals surface area contributed by atoms with E-state index >= 15 is 0 Å². The van der Waals surface area contributed by atoms with E-state index in [4.69, 9.17) is 0 Å². The highest BCUT2D eigenvalue weighted by atomic mass is 16.3. The van der Waals surface area contributed by atoms with Gasteiger partial charge in [-0.15, -0.1) is 0 Å². The highest BCUT2D eigenvalue weighted by molar-refractivity contribution is 4.95. The van der Waals surface area contributed by atoms with E-state index < -0.39 is 0 Å². The molecule has 1 atom stereocenters. The van der Waals surface area contributed by atoms with Crippen molar-refractivity contribution in [1.82, 2.24) is 14.5 Å². The minimum atomic E-state index is -0.198. The number of fused-ring (bicyclic) bond motifs is 1. The van der Waals surface area contributed by atoms with Gasteiger partial charge in [-0.05, 0) is 6.42 Å². The number of β-amino-alcohol motifs (C(OH)–C–C–N with tert-alkyl or cyclic N) is 1. The zero-order chi connectivity index (χ0) is 9.97. The Hall–Kier alpha value is -0.870. The average Bonchev–Trinajstić information content (AvgIpc) is 2.64. The lowest BCUT2D eigenvalue weighted by Crippen LogP contribution is -2.38. The van der Waals surface area contributed by atoms with Crippen LogP contribution in [0, 0.1) is 0 Å². The first-order valence-corrected chi connectivity index (χ1v) is 5.20. The molecule has 0 aromatic carbocycles. The van der Waals surface area contributed by atoms with Crippen molar-refractivity contribution in [1.29, 1.82) is 0 Å². The van der Waals surface area contributed by atoms with E-state index in [9.17, 15) is 5.11 Å². The predicted octanol–water partition coefficient (Wildman–Crippen LogP) is 0.470. The Labute approximate surface area is 84.2 Å². The number of rotatable bonds is 3. The van der Waals surface area contributed by atoms with Crippen molar-refractivity contribution < 1.29 is 5.11 Å². The second-order valence-electron chi connectivity index (χ2n) is 3.83. The largest absolute Gasteiger partial charge is 0.392 e. The van der Waals surface area contributed by atoms with E-state index in [0.717, 1.165) is 38.4 Å². The Morgan fingerprint density at radius 3 is 3.21 bits per heavy atom. The van der Waals surface area contributed by atoms with E-state index in [2.05, 4.69) is 14.5 Å². The third kappa shape index (κ3) is 1.96. The Kier molecular flexibility index (Phi) is 2.84. The lowest BCUT2D eigenvalue weighted by atomic mass is 10.2. The highest BCUT2D eigenvalue weighted by Gasteiger charge is 2.17. The maximum Gasteiger partial charge on any atom is 0.122 e. The van der Waals surface area contributed by atoms with Crippen molar-refractivity contribution in [2.75, 3.05) is 13.1 Å². The van der Waals surface area contributed by atoms with Crippen LogP contribution in [0.25, 0.3) is 0 Å². The number of imidazole rings is 1. The van der Waals surface area contributed by atoms with Crippen molar-refractivity contribution in [3.05, 3.63) is 18.2 Å². The van der Waals surface area contributed by atoms with Crippen LogP contribution in [0.2, 0.25) is 0 Å². The maximum atomic E-state index is 9.54. The zero-order valence-corrected chi connectivity index (χ0v) is 8.56. The van der Waals surface area contributed by atoms with Gasteiger partial charge in [-0.1, -0.05) is 6.92 Å². The summed E-state index contributed by atoms with van der Waals surface area (Å²) in [5.41, 5.74) is 0. The fourth-order valence-corrected chi connectivity index (χ4v) is 1.81. The molecule has 4 nitrogen and oxygen atoms in total. The van der Waals surface area contributed by atoms with Crippen LogP contribution in [-0.4, -0.2) is 38.8 Å². The number of aromatic nitrogens is 2. The van der Waals surface area contributed by atoms with Crippen LogP contribution in [0.15, 0.2) is 12.4 Å². The number of hydrogen-bond donors (Lipinski definition) is 1. The SMILES string of the molecule is CC[C@H](O)CN1CCn2ccnc2C1.